The first-order chi connectivity index (χ1) is 8.65. The van der Waals surface area contributed by atoms with Crippen molar-refractivity contribution in [3.63, 3.8) is 0 Å². The molecule has 0 heterocycles. The van der Waals surface area contributed by atoms with Gasteiger partial charge in [0.2, 0.25) is 0 Å². The third kappa shape index (κ3) is 2.45. The molecule has 0 aliphatic heterocycles. The van der Waals surface area contributed by atoms with Gasteiger partial charge in [-0.05, 0) is 31.5 Å². The van der Waals surface area contributed by atoms with Crippen molar-refractivity contribution in [2.45, 2.75) is 31.5 Å². The molecule has 0 radical (unpaired) electrons. The number of rotatable bonds is 4. The average molecular weight is 249 g/mol. The van der Waals surface area contributed by atoms with Gasteiger partial charge in [0.05, 0.1) is 23.4 Å². The summed E-state index contributed by atoms with van der Waals surface area (Å²) in [7, 11) is 0. The molecular weight excluding hydrogens is 233 g/mol. The number of nitrogens with one attached hydrogen (secondary N) is 1. The van der Waals surface area contributed by atoms with Crippen LogP contribution in [0.1, 0.15) is 18.9 Å². The summed E-state index contributed by atoms with van der Waals surface area (Å²) >= 11 is 0. The molecule has 1 aliphatic carbocycles. The molecule has 1 saturated carbocycles. The van der Waals surface area contributed by atoms with Gasteiger partial charge in [-0.1, -0.05) is 0 Å². The third-order valence-electron chi connectivity index (χ3n) is 3.17. The quantitative estimate of drug-likeness (QED) is 0.850. The topological polar surface area (TPSA) is 71.1 Å². The molecule has 3 N–H and O–H groups in total. The van der Waals surface area contributed by atoms with E-state index in [4.69, 9.17) is 15.7 Å². The van der Waals surface area contributed by atoms with E-state index in [1.807, 2.05) is 13.0 Å². The molecule has 0 saturated heterocycles. The van der Waals surface area contributed by atoms with E-state index in [9.17, 15) is 4.39 Å². The summed E-state index contributed by atoms with van der Waals surface area (Å²) in [5.74, 6) is -0.420. The fraction of sp³-hybridized carbons (Fsp3) is 0.462. The van der Waals surface area contributed by atoms with E-state index in [2.05, 4.69) is 5.32 Å². The highest BCUT2D eigenvalue weighted by molar-refractivity contribution is 5.58. The van der Waals surface area contributed by atoms with E-state index in [1.54, 1.807) is 6.07 Å². The van der Waals surface area contributed by atoms with Crippen LogP contribution in [0, 0.1) is 17.1 Å². The van der Waals surface area contributed by atoms with E-state index >= 15 is 0 Å². The number of nitriles is 1. The number of ether oxygens (including phenoxy) is 1. The van der Waals surface area contributed by atoms with Crippen molar-refractivity contribution in [2.75, 3.05) is 11.9 Å². The summed E-state index contributed by atoms with van der Waals surface area (Å²) in [6, 6.07) is 6.03. The number of hydrogen-bond donors (Lipinski definition) is 2. The molecule has 5 heteroatoms. The number of benzene rings is 1. The Morgan fingerprint density at radius 2 is 2.39 bits per heavy atom. The lowest BCUT2D eigenvalue weighted by Crippen LogP contribution is -2.60. The van der Waals surface area contributed by atoms with Crippen LogP contribution in [0.3, 0.4) is 0 Å². The first-order valence-corrected chi connectivity index (χ1v) is 5.99. The lowest BCUT2D eigenvalue weighted by molar-refractivity contribution is -0.0126. The molecule has 1 aromatic carbocycles. The monoisotopic (exact) mass is 249 g/mol. The second kappa shape index (κ2) is 5.34. The molecule has 2 rings (SSSR count). The van der Waals surface area contributed by atoms with Gasteiger partial charge in [0.1, 0.15) is 11.9 Å². The molecule has 1 aromatic rings. The van der Waals surface area contributed by atoms with E-state index in [0.717, 1.165) is 6.42 Å². The molecule has 0 spiro atoms. The lowest BCUT2D eigenvalue weighted by atomic mass is 9.83. The number of anilines is 1. The standard InChI is InChI=1S/C13H16FN3O/c1-2-18-12-6-10(16)13(12)17-11-4-3-9(14)5-8(11)7-15/h3-5,10,12-13,17H,2,6,16H2,1H3. The Labute approximate surface area is 106 Å². The Morgan fingerprint density at radius 1 is 1.61 bits per heavy atom. The van der Waals surface area contributed by atoms with Gasteiger partial charge in [-0.3, -0.25) is 0 Å². The molecule has 0 bridgehead atoms. The minimum Gasteiger partial charge on any atom is -0.377 e. The van der Waals surface area contributed by atoms with Crippen LogP contribution in [0.25, 0.3) is 0 Å². The van der Waals surface area contributed by atoms with Gasteiger partial charge >= 0.3 is 0 Å². The highest BCUT2D eigenvalue weighted by Crippen LogP contribution is 2.27. The summed E-state index contributed by atoms with van der Waals surface area (Å²) in [4.78, 5) is 0. The maximum atomic E-state index is 13.0. The molecular formula is C13H16FN3O. The Bertz CT molecular complexity index is 470. The van der Waals surface area contributed by atoms with E-state index in [0.29, 0.717) is 12.3 Å². The van der Waals surface area contributed by atoms with Crippen LogP contribution >= 0.6 is 0 Å². The second-order valence-corrected chi connectivity index (χ2v) is 4.37. The summed E-state index contributed by atoms with van der Waals surface area (Å²) < 4.78 is 18.5. The summed E-state index contributed by atoms with van der Waals surface area (Å²) in [6.07, 6.45) is 0.857. The Morgan fingerprint density at radius 3 is 3.00 bits per heavy atom. The Kier molecular flexibility index (Phi) is 3.80. The molecule has 3 atom stereocenters. The van der Waals surface area contributed by atoms with Crippen LogP contribution in [0.15, 0.2) is 18.2 Å². The van der Waals surface area contributed by atoms with Crippen molar-refractivity contribution in [2.24, 2.45) is 5.73 Å². The van der Waals surface area contributed by atoms with Crippen LogP contribution in [0.2, 0.25) is 0 Å². The zero-order chi connectivity index (χ0) is 13.1. The van der Waals surface area contributed by atoms with Crippen molar-refractivity contribution in [3.8, 4) is 6.07 Å². The molecule has 1 fully saturated rings. The predicted molar refractivity (Wildman–Crippen MR) is 66.5 cm³/mol. The lowest BCUT2D eigenvalue weighted by Gasteiger charge is -2.43. The van der Waals surface area contributed by atoms with Gasteiger partial charge in [-0.2, -0.15) is 5.26 Å². The van der Waals surface area contributed by atoms with Gasteiger partial charge < -0.3 is 15.8 Å². The van der Waals surface area contributed by atoms with Crippen LogP contribution in [-0.4, -0.2) is 24.8 Å². The van der Waals surface area contributed by atoms with Crippen molar-refractivity contribution in [1.82, 2.24) is 0 Å². The van der Waals surface area contributed by atoms with Crippen LogP contribution in [0.5, 0.6) is 0 Å². The van der Waals surface area contributed by atoms with Crippen LogP contribution < -0.4 is 11.1 Å². The molecule has 3 unspecified atom stereocenters. The fourth-order valence-corrected chi connectivity index (χ4v) is 2.14. The van der Waals surface area contributed by atoms with Gasteiger partial charge in [0.15, 0.2) is 0 Å². The first-order valence-electron chi connectivity index (χ1n) is 5.99. The number of hydrogen-bond acceptors (Lipinski definition) is 4. The Hall–Kier alpha value is -1.64. The van der Waals surface area contributed by atoms with Gasteiger partial charge in [-0.25, -0.2) is 4.39 Å². The van der Waals surface area contributed by atoms with Gasteiger partial charge in [-0.15, -0.1) is 0 Å². The highest BCUT2D eigenvalue weighted by Gasteiger charge is 2.39. The summed E-state index contributed by atoms with van der Waals surface area (Å²) in [6.45, 7) is 2.56. The van der Waals surface area contributed by atoms with Crippen LogP contribution in [0.4, 0.5) is 10.1 Å². The maximum Gasteiger partial charge on any atom is 0.124 e. The zero-order valence-electron chi connectivity index (χ0n) is 10.2. The Balaban J connectivity index is 2.11. The molecule has 0 aromatic heterocycles. The SMILES string of the molecule is CCOC1CC(N)C1Nc1ccc(F)cc1C#N. The molecule has 1 aliphatic rings. The zero-order valence-corrected chi connectivity index (χ0v) is 10.2. The number of nitrogens with zero attached hydrogens (tertiary/aromatic N) is 1. The van der Waals surface area contributed by atoms with E-state index in [1.165, 1.54) is 12.1 Å². The van der Waals surface area contributed by atoms with Crippen molar-refractivity contribution in [3.05, 3.63) is 29.6 Å². The second-order valence-electron chi connectivity index (χ2n) is 4.37. The minimum atomic E-state index is -0.420. The fourth-order valence-electron chi connectivity index (χ4n) is 2.14. The summed E-state index contributed by atoms with van der Waals surface area (Å²) in [5.41, 5.74) is 6.80. The summed E-state index contributed by atoms with van der Waals surface area (Å²) in [5, 5.41) is 12.1. The third-order valence-corrected chi connectivity index (χ3v) is 3.17. The number of halogens is 1. The smallest absolute Gasteiger partial charge is 0.124 e. The highest BCUT2D eigenvalue weighted by atomic mass is 19.1. The van der Waals surface area contributed by atoms with Crippen molar-refractivity contribution in [1.29, 1.82) is 5.26 Å². The minimum absolute atomic E-state index is 0.00172. The van der Waals surface area contributed by atoms with Gasteiger partial charge in [0.25, 0.3) is 0 Å². The first kappa shape index (κ1) is 12.8. The molecule has 18 heavy (non-hydrogen) atoms. The largest absolute Gasteiger partial charge is 0.377 e. The number of nitrogens with two attached hydrogens (primary N) is 1. The molecule has 0 amide bonds. The van der Waals surface area contributed by atoms with E-state index < -0.39 is 5.82 Å². The average Bonchev–Trinajstić information content (AvgIpc) is 2.36. The maximum absolute atomic E-state index is 13.0. The van der Waals surface area contributed by atoms with Crippen molar-refractivity contribution < 1.29 is 9.13 Å². The normalized spacial score (nSPS) is 26.2. The predicted octanol–water partition coefficient (Wildman–Crippen LogP) is 1.61. The van der Waals surface area contributed by atoms with Crippen molar-refractivity contribution >= 4 is 5.69 Å². The molecule has 96 valence electrons. The molecule has 4 nitrogen and oxygen atoms in total. The van der Waals surface area contributed by atoms with E-state index in [-0.39, 0.29) is 23.8 Å². The van der Waals surface area contributed by atoms with Gasteiger partial charge in [0, 0.05) is 12.6 Å². The van der Waals surface area contributed by atoms with Crippen LogP contribution in [-0.2, 0) is 4.74 Å².